The molecule has 1 aromatic carbocycles. The van der Waals surface area contributed by atoms with Crippen molar-refractivity contribution in [3.8, 4) is 0 Å². The number of rotatable bonds is 4. The highest BCUT2D eigenvalue weighted by Gasteiger charge is 2.22. The average molecular weight is 468 g/mol. The third-order valence-corrected chi connectivity index (χ3v) is 7.80. The predicted molar refractivity (Wildman–Crippen MR) is 127 cm³/mol. The zero-order valence-corrected chi connectivity index (χ0v) is 19.1. The maximum atomic E-state index is 13.1. The van der Waals surface area contributed by atoms with Crippen LogP contribution in [0.25, 0.3) is 20.4 Å². The average Bonchev–Trinajstić information content (AvgIpc) is 3.36. The minimum absolute atomic E-state index is 0.0374. The van der Waals surface area contributed by atoms with Crippen LogP contribution in [-0.2, 0) is 11.3 Å². The van der Waals surface area contributed by atoms with Crippen LogP contribution < -0.4 is 10.9 Å². The second-order valence-corrected chi connectivity index (χ2v) is 9.83. The maximum absolute atomic E-state index is 13.1. The smallest absolute Gasteiger partial charge is 0.267 e. The summed E-state index contributed by atoms with van der Waals surface area (Å²) in [6, 6.07) is 7.67. The molecule has 0 saturated carbocycles. The van der Waals surface area contributed by atoms with Crippen LogP contribution in [0, 0.1) is 6.92 Å². The van der Waals surface area contributed by atoms with E-state index in [1.165, 1.54) is 33.6 Å². The highest BCUT2D eigenvalue weighted by atomic mass is 32.1. The Balaban J connectivity index is 1.41. The number of aromatic nitrogens is 3. The number of fused-ring (bicyclic) bond motifs is 2. The number of amides is 2. The normalized spacial score (nSPS) is 14.2. The minimum atomic E-state index is -0.320. The number of hydrogen-bond donors (Lipinski definition) is 1. The Kier molecular flexibility index (Phi) is 5.48. The summed E-state index contributed by atoms with van der Waals surface area (Å²) in [4.78, 5) is 50.1. The summed E-state index contributed by atoms with van der Waals surface area (Å²) in [6.07, 6.45) is 4.52. The molecule has 32 heavy (non-hydrogen) atoms. The van der Waals surface area contributed by atoms with Crippen molar-refractivity contribution in [2.24, 2.45) is 0 Å². The van der Waals surface area contributed by atoms with Gasteiger partial charge >= 0.3 is 0 Å². The molecule has 0 unspecified atom stereocenters. The first-order valence-electron chi connectivity index (χ1n) is 10.4. The van der Waals surface area contributed by atoms with E-state index in [0.29, 0.717) is 25.8 Å². The van der Waals surface area contributed by atoms with Gasteiger partial charge in [0, 0.05) is 13.1 Å². The Morgan fingerprint density at radius 3 is 2.69 bits per heavy atom. The number of hydrogen-bond acceptors (Lipinski definition) is 7. The van der Waals surface area contributed by atoms with E-state index in [4.69, 9.17) is 0 Å². The predicted octanol–water partition coefficient (Wildman–Crippen LogP) is 3.64. The second-order valence-electron chi connectivity index (χ2n) is 7.80. The fraction of sp³-hybridized carbons (Fsp3) is 0.318. The standard InChI is InChI=1S/C22H21N5O3S2/c1-13-17-20(23-12-27(21(17)30)11-16(28)26-9-5-2-6-10-26)32-18(13)19(29)25-22-24-14-7-3-4-8-15(14)31-22/h3-4,7-8,12H,2,5-6,9-11H2,1H3,(H,24,25,29). The van der Waals surface area contributed by atoms with E-state index in [9.17, 15) is 14.4 Å². The van der Waals surface area contributed by atoms with Gasteiger partial charge in [-0.3, -0.25) is 24.3 Å². The third kappa shape index (κ3) is 3.80. The zero-order chi connectivity index (χ0) is 22.2. The molecule has 1 aliphatic rings. The van der Waals surface area contributed by atoms with E-state index >= 15 is 0 Å². The molecule has 1 aliphatic heterocycles. The molecule has 0 aliphatic carbocycles. The summed E-state index contributed by atoms with van der Waals surface area (Å²) in [5, 5.41) is 3.73. The number of thiazole rings is 1. The Hall–Kier alpha value is -3.11. The summed E-state index contributed by atoms with van der Waals surface area (Å²) in [6.45, 7) is 3.17. The molecule has 3 aromatic heterocycles. The number of carbonyl (C=O) groups is 2. The van der Waals surface area contributed by atoms with Gasteiger partial charge in [-0.15, -0.1) is 11.3 Å². The van der Waals surface area contributed by atoms with E-state index < -0.39 is 0 Å². The number of benzene rings is 1. The molecule has 2 amide bonds. The summed E-state index contributed by atoms with van der Waals surface area (Å²) in [7, 11) is 0. The molecule has 0 bridgehead atoms. The summed E-state index contributed by atoms with van der Waals surface area (Å²) in [5.74, 6) is -0.394. The van der Waals surface area contributed by atoms with E-state index in [-0.39, 0.29) is 23.9 Å². The first-order valence-corrected chi connectivity index (χ1v) is 12.1. The van der Waals surface area contributed by atoms with Crippen LogP contribution in [0.4, 0.5) is 5.13 Å². The molecule has 5 rings (SSSR count). The highest BCUT2D eigenvalue weighted by molar-refractivity contribution is 7.23. The van der Waals surface area contributed by atoms with Crippen LogP contribution in [-0.4, -0.2) is 44.3 Å². The highest BCUT2D eigenvalue weighted by Crippen LogP contribution is 2.30. The van der Waals surface area contributed by atoms with Crippen LogP contribution in [0.5, 0.6) is 0 Å². The Morgan fingerprint density at radius 2 is 1.91 bits per heavy atom. The Morgan fingerprint density at radius 1 is 1.12 bits per heavy atom. The van der Waals surface area contributed by atoms with E-state index in [1.54, 1.807) is 11.8 Å². The fourth-order valence-electron chi connectivity index (χ4n) is 3.96. The lowest BCUT2D eigenvalue weighted by molar-refractivity contribution is -0.132. The monoisotopic (exact) mass is 467 g/mol. The Labute approximate surface area is 191 Å². The second kappa shape index (κ2) is 8.44. The largest absolute Gasteiger partial charge is 0.341 e. The lowest BCUT2D eigenvalue weighted by atomic mass is 10.1. The molecule has 10 heteroatoms. The molecular formula is C22H21N5O3S2. The van der Waals surface area contributed by atoms with Crippen molar-refractivity contribution in [2.45, 2.75) is 32.7 Å². The lowest BCUT2D eigenvalue weighted by Gasteiger charge is -2.26. The van der Waals surface area contributed by atoms with E-state index in [2.05, 4.69) is 15.3 Å². The van der Waals surface area contributed by atoms with Gasteiger partial charge in [-0.1, -0.05) is 23.5 Å². The first kappa shape index (κ1) is 20.8. The topological polar surface area (TPSA) is 97.2 Å². The van der Waals surface area contributed by atoms with Crippen molar-refractivity contribution in [3.05, 3.63) is 51.4 Å². The number of thiophene rings is 1. The van der Waals surface area contributed by atoms with Crippen molar-refractivity contribution in [1.82, 2.24) is 19.4 Å². The van der Waals surface area contributed by atoms with Crippen LogP contribution in [0.1, 0.15) is 34.5 Å². The van der Waals surface area contributed by atoms with E-state index in [1.807, 2.05) is 24.3 Å². The molecule has 0 atom stereocenters. The molecule has 4 heterocycles. The van der Waals surface area contributed by atoms with Crippen molar-refractivity contribution in [1.29, 1.82) is 0 Å². The minimum Gasteiger partial charge on any atom is -0.341 e. The number of piperidine rings is 1. The lowest BCUT2D eigenvalue weighted by Crippen LogP contribution is -2.39. The summed E-state index contributed by atoms with van der Waals surface area (Å²) >= 11 is 2.57. The molecule has 164 valence electrons. The third-order valence-electron chi connectivity index (χ3n) is 5.65. The van der Waals surface area contributed by atoms with Crippen LogP contribution in [0.3, 0.4) is 0 Å². The van der Waals surface area contributed by atoms with Gasteiger partial charge < -0.3 is 4.90 Å². The molecule has 8 nitrogen and oxygen atoms in total. The van der Waals surface area contributed by atoms with Crippen molar-refractivity contribution < 1.29 is 9.59 Å². The number of anilines is 1. The molecule has 1 fully saturated rings. The first-order chi connectivity index (χ1) is 15.5. The molecule has 0 radical (unpaired) electrons. The summed E-state index contributed by atoms with van der Waals surface area (Å²) < 4.78 is 2.33. The molecule has 1 saturated heterocycles. The van der Waals surface area contributed by atoms with Gasteiger partial charge in [0.2, 0.25) is 5.91 Å². The quantitative estimate of drug-likeness (QED) is 0.494. The molecule has 0 spiro atoms. The number of nitrogens with zero attached hydrogens (tertiary/aromatic N) is 4. The number of carbonyl (C=O) groups excluding carboxylic acids is 2. The van der Waals surface area contributed by atoms with Crippen LogP contribution in [0.15, 0.2) is 35.4 Å². The number of aryl methyl sites for hydroxylation is 1. The van der Waals surface area contributed by atoms with Crippen LogP contribution in [0.2, 0.25) is 0 Å². The van der Waals surface area contributed by atoms with Crippen molar-refractivity contribution >= 4 is 60.1 Å². The number of likely N-dealkylation sites (tertiary alicyclic amines) is 1. The van der Waals surface area contributed by atoms with Crippen LogP contribution >= 0.6 is 22.7 Å². The van der Waals surface area contributed by atoms with Gasteiger partial charge in [-0.2, -0.15) is 0 Å². The van der Waals surface area contributed by atoms with Crippen molar-refractivity contribution in [3.63, 3.8) is 0 Å². The van der Waals surface area contributed by atoms with E-state index in [0.717, 1.165) is 42.6 Å². The molecule has 1 N–H and O–H groups in total. The fourth-order valence-corrected chi connectivity index (χ4v) is 5.85. The Bertz CT molecular complexity index is 1360. The van der Waals surface area contributed by atoms with Gasteiger partial charge in [-0.05, 0) is 43.9 Å². The number of para-hydroxylation sites is 1. The molecular weight excluding hydrogens is 446 g/mol. The van der Waals surface area contributed by atoms with Gasteiger partial charge in [0.15, 0.2) is 5.13 Å². The van der Waals surface area contributed by atoms with Gasteiger partial charge in [0.1, 0.15) is 11.4 Å². The van der Waals surface area contributed by atoms with Crippen molar-refractivity contribution in [2.75, 3.05) is 18.4 Å². The van der Waals surface area contributed by atoms with Gasteiger partial charge in [-0.25, -0.2) is 9.97 Å². The van der Waals surface area contributed by atoms with Gasteiger partial charge in [0.25, 0.3) is 11.5 Å². The summed E-state index contributed by atoms with van der Waals surface area (Å²) in [5.41, 5.74) is 1.10. The number of nitrogens with one attached hydrogen (secondary N) is 1. The zero-order valence-electron chi connectivity index (χ0n) is 17.5. The molecule has 4 aromatic rings. The van der Waals surface area contributed by atoms with Gasteiger partial charge in [0.05, 0.1) is 26.8 Å². The maximum Gasteiger partial charge on any atom is 0.267 e. The SMILES string of the molecule is Cc1c(C(=O)Nc2nc3ccccc3s2)sc2ncn(CC(=O)N3CCCCC3)c(=O)c12.